The Morgan fingerprint density at radius 2 is 2.50 bits per heavy atom. The number of aldehydes is 1. The topological polar surface area (TPSA) is 46.3 Å². The second-order valence-electron chi connectivity index (χ2n) is 4.61. The van der Waals surface area contributed by atoms with E-state index in [0.717, 1.165) is 31.7 Å². The van der Waals surface area contributed by atoms with Crippen LogP contribution in [0.1, 0.15) is 37.8 Å². The SMILES string of the molecule is CC(C)N1CCC(c2ncc(CC=O)o2)C1. The molecule has 0 radical (unpaired) electrons. The van der Waals surface area contributed by atoms with Gasteiger partial charge in [-0.25, -0.2) is 4.98 Å². The van der Waals surface area contributed by atoms with Crippen molar-refractivity contribution in [2.75, 3.05) is 13.1 Å². The van der Waals surface area contributed by atoms with Crippen LogP contribution in [0.25, 0.3) is 0 Å². The molecule has 0 bridgehead atoms. The van der Waals surface area contributed by atoms with Crippen LogP contribution in [-0.4, -0.2) is 35.3 Å². The molecule has 0 N–H and O–H groups in total. The van der Waals surface area contributed by atoms with E-state index in [4.69, 9.17) is 4.42 Å². The summed E-state index contributed by atoms with van der Waals surface area (Å²) >= 11 is 0. The summed E-state index contributed by atoms with van der Waals surface area (Å²) in [4.78, 5) is 17.0. The molecule has 1 saturated heterocycles. The zero-order valence-electron chi connectivity index (χ0n) is 9.85. The molecule has 4 nitrogen and oxygen atoms in total. The molecule has 2 rings (SSSR count). The molecule has 16 heavy (non-hydrogen) atoms. The zero-order valence-corrected chi connectivity index (χ0v) is 9.85. The number of aromatic nitrogens is 1. The van der Waals surface area contributed by atoms with Gasteiger partial charge in [0.1, 0.15) is 12.0 Å². The van der Waals surface area contributed by atoms with Crippen LogP contribution < -0.4 is 0 Å². The monoisotopic (exact) mass is 222 g/mol. The zero-order chi connectivity index (χ0) is 11.5. The van der Waals surface area contributed by atoms with E-state index in [1.54, 1.807) is 6.20 Å². The highest BCUT2D eigenvalue weighted by Crippen LogP contribution is 2.27. The lowest BCUT2D eigenvalue weighted by Gasteiger charge is -2.19. The molecule has 1 aliphatic rings. The average molecular weight is 222 g/mol. The molecule has 0 aliphatic carbocycles. The Hall–Kier alpha value is -1.16. The van der Waals surface area contributed by atoms with Crippen molar-refractivity contribution < 1.29 is 9.21 Å². The van der Waals surface area contributed by atoms with Crippen molar-refractivity contribution in [2.45, 2.75) is 38.6 Å². The van der Waals surface area contributed by atoms with Gasteiger partial charge < -0.3 is 14.1 Å². The fourth-order valence-corrected chi connectivity index (χ4v) is 2.15. The van der Waals surface area contributed by atoms with E-state index in [9.17, 15) is 4.79 Å². The minimum Gasteiger partial charge on any atom is -0.445 e. The predicted octanol–water partition coefficient (Wildman–Crippen LogP) is 1.61. The molecule has 1 aliphatic heterocycles. The van der Waals surface area contributed by atoms with Crippen LogP contribution in [0, 0.1) is 0 Å². The average Bonchev–Trinajstić information content (AvgIpc) is 2.84. The molecule has 2 heterocycles. The Morgan fingerprint density at radius 3 is 3.12 bits per heavy atom. The molecule has 4 heteroatoms. The van der Waals surface area contributed by atoms with Crippen LogP contribution >= 0.6 is 0 Å². The summed E-state index contributed by atoms with van der Waals surface area (Å²) in [6.07, 6.45) is 3.94. The van der Waals surface area contributed by atoms with Crippen molar-refractivity contribution in [3.63, 3.8) is 0 Å². The van der Waals surface area contributed by atoms with Crippen molar-refractivity contribution in [1.82, 2.24) is 9.88 Å². The molecule has 0 aromatic carbocycles. The second-order valence-corrected chi connectivity index (χ2v) is 4.61. The van der Waals surface area contributed by atoms with Gasteiger partial charge in [-0.2, -0.15) is 0 Å². The summed E-state index contributed by atoms with van der Waals surface area (Å²) in [6.45, 7) is 6.53. The Balaban J connectivity index is 2.00. The van der Waals surface area contributed by atoms with Gasteiger partial charge in [-0.15, -0.1) is 0 Å². The molecule has 0 saturated carbocycles. The number of hydrogen-bond donors (Lipinski definition) is 0. The third-order valence-corrected chi connectivity index (χ3v) is 3.16. The van der Waals surface area contributed by atoms with Crippen LogP contribution in [0.3, 0.4) is 0 Å². The number of oxazole rings is 1. The number of carbonyl (C=O) groups excluding carboxylic acids is 1. The van der Waals surface area contributed by atoms with E-state index in [1.165, 1.54) is 0 Å². The first-order valence-electron chi connectivity index (χ1n) is 5.83. The lowest BCUT2D eigenvalue weighted by Crippen LogP contribution is -2.27. The summed E-state index contributed by atoms with van der Waals surface area (Å²) in [7, 11) is 0. The predicted molar refractivity (Wildman–Crippen MR) is 60.3 cm³/mol. The minimum absolute atomic E-state index is 0.327. The molecular weight excluding hydrogens is 204 g/mol. The molecule has 1 aromatic rings. The molecular formula is C12H18N2O2. The first kappa shape index (κ1) is 11.3. The largest absolute Gasteiger partial charge is 0.445 e. The second kappa shape index (κ2) is 4.78. The standard InChI is InChI=1S/C12H18N2O2/c1-9(2)14-5-3-10(8-14)12-13-7-11(16-12)4-6-15/h6-7,9-10H,3-5,8H2,1-2H3. The molecule has 0 amide bonds. The number of likely N-dealkylation sites (tertiary alicyclic amines) is 1. The molecule has 1 aromatic heterocycles. The maximum Gasteiger partial charge on any atom is 0.198 e. The summed E-state index contributed by atoms with van der Waals surface area (Å²) in [5, 5.41) is 0. The van der Waals surface area contributed by atoms with E-state index >= 15 is 0 Å². The van der Waals surface area contributed by atoms with Crippen molar-refractivity contribution in [1.29, 1.82) is 0 Å². The maximum absolute atomic E-state index is 10.4. The van der Waals surface area contributed by atoms with Gasteiger partial charge in [-0.1, -0.05) is 0 Å². The van der Waals surface area contributed by atoms with Crippen molar-refractivity contribution in [3.05, 3.63) is 17.8 Å². The van der Waals surface area contributed by atoms with Gasteiger partial charge in [-0.3, -0.25) is 0 Å². The summed E-state index contributed by atoms with van der Waals surface area (Å²) in [5.41, 5.74) is 0. The van der Waals surface area contributed by atoms with Crippen molar-refractivity contribution in [3.8, 4) is 0 Å². The first-order valence-corrected chi connectivity index (χ1v) is 5.83. The molecule has 0 spiro atoms. The number of rotatable bonds is 4. The van der Waals surface area contributed by atoms with E-state index in [0.29, 0.717) is 24.1 Å². The van der Waals surface area contributed by atoms with Crippen LogP contribution in [0.15, 0.2) is 10.6 Å². The van der Waals surface area contributed by atoms with Gasteiger partial charge in [0.15, 0.2) is 5.89 Å². The van der Waals surface area contributed by atoms with E-state index in [-0.39, 0.29) is 0 Å². The lowest BCUT2D eigenvalue weighted by molar-refractivity contribution is -0.107. The van der Waals surface area contributed by atoms with Gasteiger partial charge in [-0.05, 0) is 26.8 Å². The van der Waals surface area contributed by atoms with E-state index in [2.05, 4.69) is 23.7 Å². The molecule has 1 unspecified atom stereocenters. The fourth-order valence-electron chi connectivity index (χ4n) is 2.15. The highest BCUT2D eigenvalue weighted by atomic mass is 16.4. The summed E-state index contributed by atoms with van der Waals surface area (Å²) < 4.78 is 5.57. The number of carbonyl (C=O) groups is 1. The molecule has 88 valence electrons. The van der Waals surface area contributed by atoms with Crippen molar-refractivity contribution in [2.24, 2.45) is 0 Å². The summed E-state index contributed by atoms with van der Waals surface area (Å²) in [6, 6.07) is 0.578. The highest BCUT2D eigenvalue weighted by molar-refractivity contribution is 5.52. The highest BCUT2D eigenvalue weighted by Gasteiger charge is 2.28. The van der Waals surface area contributed by atoms with Crippen molar-refractivity contribution >= 4 is 6.29 Å². The first-order chi connectivity index (χ1) is 7.70. The van der Waals surface area contributed by atoms with Crippen LogP contribution in [0.4, 0.5) is 0 Å². The molecule has 1 atom stereocenters. The number of nitrogens with zero attached hydrogens (tertiary/aromatic N) is 2. The van der Waals surface area contributed by atoms with Gasteiger partial charge in [0.25, 0.3) is 0 Å². The number of hydrogen-bond acceptors (Lipinski definition) is 4. The van der Waals surface area contributed by atoms with Crippen LogP contribution in [0.2, 0.25) is 0 Å². The maximum atomic E-state index is 10.4. The summed E-state index contributed by atoms with van der Waals surface area (Å²) in [5.74, 6) is 1.86. The third kappa shape index (κ3) is 2.32. The Bertz CT molecular complexity index is 360. The minimum atomic E-state index is 0.327. The Kier molecular flexibility index (Phi) is 3.39. The normalized spacial score (nSPS) is 21.8. The van der Waals surface area contributed by atoms with Gasteiger partial charge >= 0.3 is 0 Å². The van der Waals surface area contributed by atoms with Crippen LogP contribution in [0.5, 0.6) is 0 Å². The van der Waals surface area contributed by atoms with Gasteiger partial charge in [0.2, 0.25) is 0 Å². The Labute approximate surface area is 95.6 Å². The fraction of sp³-hybridized carbons (Fsp3) is 0.667. The lowest BCUT2D eigenvalue weighted by atomic mass is 10.1. The Morgan fingerprint density at radius 1 is 1.69 bits per heavy atom. The smallest absolute Gasteiger partial charge is 0.198 e. The van der Waals surface area contributed by atoms with Gasteiger partial charge in [0, 0.05) is 18.5 Å². The van der Waals surface area contributed by atoms with Gasteiger partial charge in [0.05, 0.1) is 12.6 Å². The third-order valence-electron chi connectivity index (χ3n) is 3.16. The van der Waals surface area contributed by atoms with Crippen LogP contribution in [-0.2, 0) is 11.2 Å². The molecule has 1 fully saturated rings. The van der Waals surface area contributed by atoms with E-state index in [1.807, 2.05) is 0 Å². The quantitative estimate of drug-likeness (QED) is 0.726. The van der Waals surface area contributed by atoms with E-state index < -0.39 is 0 Å².